The van der Waals surface area contributed by atoms with E-state index >= 15 is 4.39 Å². The molecule has 2 N–H and O–H groups in total. The van der Waals surface area contributed by atoms with Crippen molar-refractivity contribution in [1.82, 2.24) is 9.80 Å². The largest absolute Gasteiger partial charge is 0.508 e. The molecule has 0 bridgehead atoms. The van der Waals surface area contributed by atoms with Crippen LogP contribution in [0.2, 0.25) is 0 Å². The van der Waals surface area contributed by atoms with Crippen molar-refractivity contribution in [3.05, 3.63) is 58.4 Å². The SMILES string of the molecule is C#Cc1c(F)ccc2cc(O)cc(C3=C(F)C(=NCC45CCCC4N(CC4C(C)C4(F)F)CCC5)/C(=C(\N=C)N4CCCC(C)(O)C4)C=N3)c12. The van der Waals surface area contributed by atoms with Crippen LogP contribution in [0, 0.1) is 35.4 Å². The van der Waals surface area contributed by atoms with Gasteiger partial charge in [0, 0.05) is 66.6 Å². The lowest BCUT2D eigenvalue weighted by Gasteiger charge is -2.46. The van der Waals surface area contributed by atoms with E-state index in [2.05, 4.69) is 27.5 Å². The van der Waals surface area contributed by atoms with E-state index < -0.39 is 35.0 Å². The van der Waals surface area contributed by atoms with Crippen LogP contribution in [0.5, 0.6) is 5.75 Å². The summed E-state index contributed by atoms with van der Waals surface area (Å²) in [4.78, 5) is 17.9. The minimum absolute atomic E-state index is 0.0164. The monoisotopic (exact) mass is 689 g/mol. The predicted octanol–water partition coefficient (Wildman–Crippen LogP) is 7.12. The molecule has 3 heterocycles. The number of likely N-dealkylation sites (tertiary alicyclic amines) is 2. The van der Waals surface area contributed by atoms with Gasteiger partial charge < -0.3 is 15.1 Å². The van der Waals surface area contributed by atoms with Crippen LogP contribution in [0.3, 0.4) is 0 Å². The van der Waals surface area contributed by atoms with Gasteiger partial charge in [-0.1, -0.05) is 25.3 Å². The van der Waals surface area contributed by atoms with Crippen LogP contribution in [-0.2, 0) is 0 Å². The zero-order valence-corrected chi connectivity index (χ0v) is 28.5. The van der Waals surface area contributed by atoms with Crippen LogP contribution in [0.1, 0.15) is 69.9 Å². The molecule has 0 spiro atoms. The molecule has 264 valence electrons. The molecule has 2 aromatic rings. The number of β-amino-alcohol motifs (C(OH)–C–C–N with tert-alkyl or cyclic N) is 1. The number of nitrogens with zero attached hydrogens (tertiary/aromatic N) is 5. The second-order valence-corrected chi connectivity index (χ2v) is 15.1. The van der Waals surface area contributed by atoms with E-state index in [0.29, 0.717) is 37.1 Å². The van der Waals surface area contributed by atoms with Crippen LogP contribution < -0.4 is 0 Å². The number of fused-ring (bicyclic) bond motifs is 2. The maximum atomic E-state index is 17.3. The van der Waals surface area contributed by atoms with Crippen molar-refractivity contribution in [2.45, 2.75) is 76.4 Å². The molecular weight excluding hydrogens is 646 g/mol. The number of aliphatic hydroxyl groups is 1. The summed E-state index contributed by atoms with van der Waals surface area (Å²) in [5.41, 5.74) is -1.18. The van der Waals surface area contributed by atoms with Gasteiger partial charge >= 0.3 is 0 Å². The van der Waals surface area contributed by atoms with Crippen molar-refractivity contribution in [3.8, 4) is 18.1 Å². The highest BCUT2D eigenvalue weighted by molar-refractivity contribution is 6.29. The number of halogens is 4. The molecule has 5 atom stereocenters. The Bertz CT molecular complexity index is 1910. The molecule has 50 heavy (non-hydrogen) atoms. The van der Waals surface area contributed by atoms with Crippen LogP contribution in [0.15, 0.2) is 56.5 Å². The normalized spacial score (nSPS) is 32.7. The number of rotatable bonds is 7. The Hall–Kier alpha value is -4.01. The fourth-order valence-corrected chi connectivity index (χ4v) is 9.08. The molecule has 3 aliphatic heterocycles. The number of phenols is 1. The number of terminal acetylenes is 1. The highest BCUT2D eigenvalue weighted by atomic mass is 19.3. The van der Waals surface area contributed by atoms with Gasteiger partial charge in [0.15, 0.2) is 5.83 Å². The van der Waals surface area contributed by atoms with E-state index in [9.17, 15) is 23.4 Å². The first-order chi connectivity index (χ1) is 23.8. The second kappa shape index (κ2) is 12.6. The summed E-state index contributed by atoms with van der Waals surface area (Å²) in [6, 6.07) is 5.46. The number of phenolic OH excluding ortho intramolecular Hbond substituents is 1. The van der Waals surface area contributed by atoms with Crippen molar-refractivity contribution >= 4 is 35.1 Å². The summed E-state index contributed by atoms with van der Waals surface area (Å²) in [5, 5.41) is 22.2. The Balaban J connectivity index is 1.35. The van der Waals surface area contributed by atoms with E-state index in [0.717, 1.165) is 38.6 Å². The molecule has 0 aromatic heterocycles. The third-order valence-corrected chi connectivity index (χ3v) is 11.8. The number of alkyl halides is 2. The number of aromatic hydroxyl groups is 1. The number of aliphatic imine (C=N–C) groups is 3. The number of hydrogen-bond acceptors (Lipinski definition) is 7. The Morgan fingerprint density at radius 1 is 1.14 bits per heavy atom. The van der Waals surface area contributed by atoms with Crippen molar-refractivity contribution in [2.24, 2.45) is 32.2 Å². The maximum Gasteiger partial charge on any atom is 0.255 e. The van der Waals surface area contributed by atoms with Crippen LogP contribution >= 0.6 is 0 Å². The Kier molecular flexibility index (Phi) is 8.71. The Morgan fingerprint density at radius 2 is 1.88 bits per heavy atom. The summed E-state index contributed by atoms with van der Waals surface area (Å²) in [6.07, 6.45) is 12.8. The minimum Gasteiger partial charge on any atom is -0.508 e. The van der Waals surface area contributed by atoms with Gasteiger partial charge in [-0.2, -0.15) is 0 Å². The topological polar surface area (TPSA) is 84.0 Å². The zero-order valence-electron chi connectivity index (χ0n) is 28.5. The molecule has 0 amide bonds. The molecule has 4 fully saturated rings. The van der Waals surface area contributed by atoms with E-state index in [4.69, 9.17) is 11.4 Å². The third-order valence-electron chi connectivity index (χ3n) is 11.8. The molecule has 2 aliphatic carbocycles. The molecule has 2 saturated carbocycles. The Morgan fingerprint density at radius 3 is 2.58 bits per heavy atom. The number of benzene rings is 2. The van der Waals surface area contributed by atoms with Crippen molar-refractivity contribution < 1.29 is 27.8 Å². The number of allylic oxidation sites excluding steroid dienone is 2. The lowest BCUT2D eigenvalue weighted by molar-refractivity contribution is -0.00477. The van der Waals surface area contributed by atoms with Crippen molar-refractivity contribution in [2.75, 3.05) is 32.7 Å². The lowest BCUT2D eigenvalue weighted by Crippen LogP contribution is -2.51. The van der Waals surface area contributed by atoms with Gasteiger partial charge in [-0.15, -0.1) is 6.42 Å². The highest BCUT2D eigenvalue weighted by Crippen LogP contribution is 2.57. The summed E-state index contributed by atoms with van der Waals surface area (Å²) >= 11 is 0. The van der Waals surface area contributed by atoms with Gasteiger partial charge in [0.2, 0.25) is 0 Å². The Labute approximate surface area is 290 Å². The molecular formula is C39H43F4N5O2. The molecule has 11 heteroatoms. The maximum absolute atomic E-state index is 17.3. The van der Waals surface area contributed by atoms with Crippen molar-refractivity contribution in [1.29, 1.82) is 0 Å². The molecule has 7 nitrogen and oxygen atoms in total. The lowest BCUT2D eigenvalue weighted by atomic mass is 9.74. The standard InChI is InChI=1S/C39H43F4N5O2/c1-5-26-30(40)11-10-24-17-25(49)18-27(32(24)26)34-33(41)35(28(19-45-34)36(44-4)48-16-7-12-37(3,50)22-48)46-21-38-13-6-9-31(38)47(15-8-14-38)20-29-23(2)39(29,42)43/h1,10-11,17-19,23,29,31,49-50H,4,6-9,12-16,20-22H2,2-3H3/b36-28+,46-35?. The molecule has 5 unspecified atom stereocenters. The van der Waals surface area contributed by atoms with Crippen molar-refractivity contribution in [3.63, 3.8) is 0 Å². The van der Waals surface area contributed by atoms with Crippen LogP contribution in [0.4, 0.5) is 17.6 Å². The fraction of sp³-hybridized carbons (Fsp3) is 0.513. The average Bonchev–Trinajstić information content (AvgIpc) is 3.34. The molecule has 7 rings (SSSR count). The zero-order chi connectivity index (χ0) is 35.6. The molecule has 2 saturated heterocycles. The molecule has 2 aromatic carbocycles. The highest BCUT2D eigenvalue weighted by Gasteiger charge is 2.66. The summed E-state index contributed by atoms with van der Waals surface area (Å²) in [7, 11) is 0. The minimum atomic E-state index is -2.64. The first-order valence-electron chi connectivity index (χ1n) is 17.5. The van der Waals surface area contributed by atoms with E-state index in [-0.39, 0.29) is 63.8 Å². The van der Waals surface area contributed by atoms with E-state index in [1.807, 2.05) is 4.90 Å². The van der Waals surface area contributed by atoms with E-state index in [1.165, 1.54) is 30.5 Å². The quantitative estimate of drug-likeness (QED) is 0.184. The summed E-state index contributed by atoms with van der Waals surface area (Å²) in [6.45, 7) is 9.29. The van der Waals surface area contributed by atoms with Gasteiger partial charge in [-0.05, 0) is 82.3 Å². The molecule has 0 radical (unpaired) electrons. The first-order valence-corrected chi connectivity index (χ1v) is 17.5. The number of hydrogen-bond donors (Lipinski definition) is 2. The van der Waals surface area contributed by atoms with Gasteiger partial charge in [-0.3, -0.25) is 14.9 Å². The predicted molar refractivity (Wildman–Crippen MR) is 189 cm³/mol. The van der Waals surface area contributed by atoms with Gasteiger partial charge in [0.25, 0.3) is 5.92 Å². The van der Waals surface area contributed by atoms with Crippen LogP contribution in [0.25, 0.3) is 16.5 Å². The molecule has 5 aliphatic rings. The van der Waals surface area contributed by atoms with E-state index in [1.54, 1.807) is 13.8 Å². The first kappa shape index (κ1) is 34.4. The van der Waals surface area contributed by atoms with Gasteiger partial charge in [-0.25, -0.2) is 22.6 Å². The number of piperidine rings is 2. The average molecular weight is 690 g/mol. The fourth-order valence-electron chi connectivity index (χ4n) is 9.08. The third kappa shape index (κ3) is 5.84. The van der Waals surface area contributed by atoms with Gasteiger partial charge in [0.05, 0.1) is 16.7 Å². The summed E-state index contributed by atoms with van der Waals surface area (Å²) in [5.74, 6) is -2.87. The van der Waals surface area contributed by atoms with Crippen LogP contribution in [-0.4, -0.2) is 88.9 Å². The second-order valence-electron chi connectivity index (χ2n) is 15.1. The smallest absolute Gasteiger partial charge is 0.255 e. The summed E-state index contributed by atoms with van der Waals surface area (Å²) < 4.78 is 61.0. The van der Waals surface area contributed by atoms with Gasteiger partial charge in [0.1, 0.15) is 28.8 Å².